The molecule has 1 atom stereocenters. The number of piperazine rings is 1. The first-order valence-electron chi connectivity index (χ1n) is 7.99. The summed E-state index contributed by atoms with van der Waals surface area (Å²) in [7, 11) is 0. The number of halogens is 1. The summed E-state index contributed by atoms with van der Waals surface area (Å²) >= 11 is 0. The fraction of sp³-hybridized carbons (Fsp3) is 0.278. The minimum atomic E-state index is -0.468. The van der Waals surface area contributed by atoms with Crippen molar-refractivity contribution in [3.63, 3.8) is 0 Å². The molecule has 0 spiro atoms. The van der Waals surface area contributed by atoms with Gasteiger partial charge in [0.1, 0.15) is 5.82 Å². The van der Waals surface area contributed by atoms with Crippen molar-refractivity contribution in [2.75, 3.05) is 19.6 Å². The number of nitro groups is 1. The van der Waals surface area contributed by atoms with Crippen molar-refractivity contribution in [2.45, 2.75) is 13.0 Å². The predicted molar refractivity (Wildman–Crippen MR) is 90.9 cm³/mol. The van der Waals surface area contributed by atoms with Crippen LogP contribution < -0.4 is 5.32 Å². The van der Waals surface area contributed by atoms with Gasteiger partial charge < -0.3 is 10.2 Å². The molecule has 1 amide bonds. The number of carbonyl (C=O) groups excluding carboxylic acids is 1. The van der Waals surface area contributed by atoms with E-state index < -0.39 is 4.92 Å². The molecule has 0 aromatic heterocycles. The monoisotopic (exact) mass is 343 g/mol. The quantitative estimate of drug-likeness (QED) is 0.687. The Labute approximate surface area is 144 Å². The number of amides is 1. The Hall–Kier alpha value is -2.80. The maximum absolute atomic E-state index is 13.6. The van der Waals surface area contributed by atoms with E-state index in [1.807, 2.05) is 0 Å². The van der Waals surface area contributed by atoms with Crippen LogP contribution in [-0.4, -0.2) is 35.4 Å². The number of hydrogen-bond donors (Lipinski definition) is 1. The maximum atomic E-state index is 13.6. The van der Waals surface area contributed by atoms with Crippen molar-refractivity contribution in [1.29, 1.82) is 0 Å². The minimum Gasteiger partial charge on any atom is -0.329 e. The average Bonchev–Trinajstić information content (AvgIpc) is 2.60. The maximum Gasteiger partial charge on any atom is 0.272 e. The third-order valence-corrected chi connectivity index (χ3v) is 4.38. The van der Waals surface area contributed by atoms with Crippen LogP contribution in [0.4, 0.5) is 10.1 Å². The minimum absolute atomic E-state index is 0.0152. The molecule has 25 heavy (non-hydrogen) atoms. The first-order valence-corrected chi connectivity index (χ1v) is 7.99. The number of nitro benzene ring substituents is 1. The molecule has 3 rings (SSSR count). The number of rotatable bonds is 3. The molecule has 1 N–H and O–H groups in total. The summed E-state index contributed by atoms with van der Waals surface area (Å²) in [4.78, 5) is 25.1. The van der Waals surface area contributed by atoms with Crippen molar-refractivity contribution < 1.29 is 14.1 Å². The molecule has 0 saturated carbocycles. The first kappa shape index (κ1) is 17.0. The molecular weight excluding hydrogens is 325 g/mol. The van der Waals surface area contributed by atoms with Crippen molar-refractivity contribution in [2.24, 2.45) is 0 Å². The van der Waals surface area contributed by atoms with E-state index in [4.69, 9.17) is 0 Å². The molecule has 1 aliphatic heterocycles. The van der Waals surface area contributed by atoms with Gasteiger partial charge in [-0.2, -0.15) is 0 Å². The molecule has 1 aliphatic rings. The summed E-state index contributed by atoms with van der Waals surface area (Å²) in [5, 5.41) is 14.2. The van der Waals surface area contributed by atoms with Gasteiger partial charge in [-0.1, -0.05) is 12.1 Å². The van der Waals surface area contributed by atoms with Crippen molar-refractivity contribution in [3.8, 4) is 0 Å². The van der Waals surface area contributed by atoms with Crippen LogP contribution in [0, 0.1) is 22.9 Å². The summed E-state index contributed by atoms with van der Waals surface area (Å²) < 4.78 is 13.6. The van der Waals surface area contributed by atoms with Gasteiger partial charge in [0.25, 0.3) is 11.6 Å². The van der Waals surface area contributed by atoms with E-state index in [9.17, 15) is 19.3 Å². The van der Waals surface area contributed by atoms with E-state index in [0.29, 0.717) is 30.8 Å². The zero-order chi connectivity index (χ0) is 18.0. The molecular formula is C18H18FN3O3. The average molecular weight is 343 g/mol. The van der Waals surface area contributed by atoms with Crippen LogP contribution in [0.2, 0.25) is 0 Å². The molecule has 0 aliphatic carbocycles. The number of aryl methyl sites for hydroxylation is 1. The van der Waals surface area contributed by atoms with Gasteiger partial charge in [0, 0.05) is 36.8 Å². The van der Waals surface area contributed by atoms with Gasteiger partial charge in [0.15, 0.2) is 0 Å². The molecule has 1 saturated heterocycles. The molecule has 130 valence electrons. The Bertz CT molecular complexity index is 825. The number of nitrogens with one attached hydrogen (secondary N) is 1. The second-order valence-electron chi connectivity index (χ2n) is 6.03. The third-order valence-electron chi connectivity index (χ3n) is 4.38. The van der Waals surface area contributed by atoms with E-state index in [1.54, 1.807) is 24.0 Å². The lowest BCUT2D eigenvalue weighted by Gasteiger charge is -2.36. The van der Waals surface area contributed by atoms with Gasteiger partial charge in [-0.25, -0.2) is 4.39 Å². The Morgan fingerprint density at radius 3 is 2.80 bits per heavy atom. The van der Waals surface area contributed by atoms with Gasteiger partial charge >= 0.3 is 0 Å². The summed E-state index contributed by atoms with van der Waals surface area (Å²) in [5.74, 6) is -0.560. The van der Waals surface area contributed by atoms with E-state index >= 15 is 0 Å². The van der Waals surface area contributed by atoms with Crippen LogP contribution in [0.3, 0.4) is 0 Å². The second-order valence-corrected chi connectivity index (χ2v) is 6.03. The standard InChI is InChI=1S/C18H18FN3O3/c1-12-9-14(5-6-16(12)22(24)25)18(23)21-8-7-20-11-17(21)13-3-2-4-15(19)10-13/h2-6,9-10,17,20H,7-8,11H2,1H3. The normalized spacial score (nSPS) is 17.4. The largest absolute Gasteiger partial charge is 0.329 e. The molecule has 6 nitrogen and oxygen atoms in total. The van der Waals surface area contributed by atoms with E-state index in [-0.39, 0.29) is 23.5 Å². The van der Waals surface area contributed by atoms with Crippen molar-refractivity contribution >= 4 is 11.6 Å². The Morgan fingerprint density at radius 2 is 2.12 bits per heavy atom. The van der Waals surface area contributed by atoms with E-state index in [0.717, 1.165) is 5.56 Å². The van der Waals surface area contributed by atoms with E-state index in [2.05, 4.69) is 5.32 Å². The summed E-state index contributed by atoms with van der Waals surface area (Å²) in [5.41, 5.74) is 1.54. The highest BCUT2D eigenvalue weighted by molar-refractivity contribution is 5.95. The van der Waals surface area contributed by atoms with Gasteiger partial charge in [-0.15, -0.1) is 0 Å². The Balaban J connectivity index is 1.91. The molecule has 2 aromatic carbocycles. The number of hydrogen-bond acceptors (Lipinski definition) is 4. The fourth-order valence-electron chi connectivity index (χ4n) is 3.12. The molecule has 1 unspecified atom stereocenters. The first-order chi connectivity index (χ1) is 12.0. The van der Waals surface area contributed by atoms with Gasteiger partial charge in [-0.3, -0.25) is 14.9 Å². The Morgan fingerprint density at radius 1 is 1.32 bits per heavy atom. The fourth-order valence-corrected chi connectivity index (χ4v) is 3.12. The second kappa shape index (κ2) is 6.98. The van der Waals surface area contributed by atoms with Gasteiger partial charge in [0.05, 0.1) is 11.0 Å². The van der Waals surface area contributed by atoms with Crippen LogP contribution >= 0.6 is 0 Å². The number of nitrogens with zero attached hydrogens (tertiary/aromatic N) is 2. The molecule has 2 aromatic rings. The zero-order valence-corrected chi connectivity index (χ0v) is 13.7. The smallest absolute Gasteiger partial charge is 0.272 e. The number of benzene rings is 2. The zero-order valence-electron chi connectivity index (χ0n) is 13.7. The van der Waals surface area contributed by atoms with Gasteiger partial charge in [-0.05, 0) is 36.8 Å². The van der Waals surface area contributed by atoms with Crippen LogP contribution in [0.5, 0.6) is 0 Å². The molecule has 0 bridgehead atoms. The predicted octanol–water partition coefficient (Wildman–Crippen LogP) is 2.83. The lowest BCUT2D eigenvalue weighted by Crippen LogP contribution is -2.48. The van der Waals surface area contributed by atoms with Crippen molar-refractivity contribution in [3.05, 3.63) is 75.1 Å². The molecule has 7 heteroatoms. The molecule has 1 fully saturated rings. The highest BCUT2D eigenvalue weighted by Gasteiger charge is 2.29. The summed E-state index contributed by atoms with van der Waals surface area (Å²) in [6, 6.07) is 10.3. The third kappa shape index (κ3) is 3.51. The van der Waals surface area contributed by atoms with Crippen LogP contribution in [0.25, 0.3) is 0 Å². The Kier molecular flexibility index (Phi) is 4.76. The SMILES string of the molecule is Cc1cc(C(=O)N2CCNCC2c2cccc(F)c2)ccc1[N+](=O)[O-]. The lowest BCUT2D eigenvalue weighted by atomic mass is 10.0. The van der Waals surface area contributed by atoms with E-state index in [1.165, 1.54) is 30.3 Å². The van der Waals surface area contributed by atoms with Gasteiger partial charge in [0.2, 0.25) is 0 Å². The lowest BCUT2D eigenvalue weighted by molar-refractivity contribution is -0.385. The highest BCUT2D eigenvalue weighted by Crippen LogP contribution is 2.26. The number of carbonyl (C=O) groups is 1. The molecule has 0 radical (unpaired) electrons. The van der Waals surface area contributed by atoms with Crippen LogP contribution in [0.15, 0.2) is 42.5 Å². The highest BCUT2D eigenvalue weighted by atomic mass is 19.1. The van der Waals surface area contributed by atoms with Crippen LogP contribution in [-0.2, 0) is 0 Å². The topological polar surface area (TPSA) is 75.5 Å². The van der Waals surface area contributed by atoms with Crippen LogP contribution in [0.1, 0.15) is 27.5 Å². The summed E-state index contributed by atoms with van der Waals surface area (Å²) in [6.45, 7) is 3.26. The summed E-state index contributed by atoms with van der Waals surface area (Å²) in [6.07, 6.45) is 0. The molecule has 1 heterocycles. The van der Waals surface area contributed by atoms with Crippen molar-refractivity contribution in [1.82, 2.24) is 10.2 Å².